The Morgan fingerprint density at radius 1 is 0.941 bits per heavy atom. The van der Waals surface area contributed by atoms with Crippen LogP contribution < -0.4 is 31.7 Å². The number of nitrogens with two attached hydrogens (primary N) is 1. The first-order chi connectivity index (χ1) is 33.0. The number of ether oxygens (including phenoxy) is 3. The molecule has 0 spiro atoms. The molecule has 0 radical (unpaired) electrons. The molecule has 366 valence electrons. The first kappa shape index (κ1) is 50.1. The molecule has 1 aromatic heterocycles. The fraction of sp³-hybridized carbons (Fsp3) is 0.480. The third-order valence-corrected chi connectivity index (χ3v) is 13.3. The van der Waals surface area contributed by atoms with Gasteiger partial charge in [-0.25, -0.2) is 0 Å². The van der Waals surface area contributed by atoms with Gasteiger partial charge in [0.2, 0.25) is 23.6 Å². The SMILES string of the molecule is CN1CCC(Nc2cccc(C(=O)NCc3cccc(OCCCCCOCCCOCC(=O)NC4CC=CC5C(=O)N(C6CCC(=O)NC6=O)CC45)c3)c2)(C(N)=N[C](=[Ni])c2ccncc2)CC1. The Morgan fingerprint density at radius 2 is 1.71 bits per heavy atom. The van der Waals surface area contributed by atoms with Gasteiger partial charge in [0.1, 0.15) is 18.4 Å². The summed E-state index contributed by atoms with van der Waals surface area (Å²) in [5.74, 6) is -0.743. The summed E-state index contributed by atoms with van der Waals surface area (Å²) in [6.07, 6.45) is 13.0. The zero-order valence-corrected chi connectivity index (χ0v) is 39.6. The maximum absolute atomic E-state index is 13.4. The molecule has 17 nitrogen and oxygen atoms in total. The van der Waals surface area contributed by atoms with Crippen LogP contribution in [-0.4, -0.2) is 132 Å². The number of nitrogens with one attached hydrogen (secondary N) is 4. The van der Waals surface area contributed by atoms with Crippen LogP contribution in [0.2, 0.25) is 0 Å². The maximum atomic E-state index is 13.4. The summed E-state index contributed by atoms with van der Waals surface area (Å²) in [5, 5.41) is 12.0. The van der Waals surface area contributed by atoms with Crippen LogP contribution in [0.25, 0.3) is 0 Å². The first-order valence-corrected chi connectivity index (χ1v) is 24.0. The third kappa shape index (κ3) is 13.7. The molecule has 2 aromatic carbocycles. The number of likely N-dealkylation sites (tertiary alicyclic amines) is 2. The molecule has 4 unspecified atom stereocenters. The third-order valence-electron chi connectivity index (χ3n) is 12.9. The number of hydrogen-bond acceptors (Lipinski definition) is 12. The molecule has 68 heavy (non-hydrogen) atoms. The molecule has 4 heterocycles. The number of aliphatic imine (C=N–C) groups is 1. The van der Waals surface area contributed by atoms with Gasteiger partial charge in [-0.1, -0.05) is 24.3 Å². The van der Waals surface area contributed by atoms with Gasteiger partial charge in [0.15, 0.2) is 0 Å². The number of aromatic nitrogens is 1. The van der Waals surface area contributed by atoms with Crippen molar-refractivity contribution in [2.45, 2.75) is 82.0 Å². The topological polar surface area (TPSA) is 219 Å². The fourth-order valence-electron chi connectivity index (χ4n) is 9.07. The first-order valence-electron chi connectivity index (χ1n) is 23.5. The molecular formula is C50H63N9NiO8. The van der Waals surface area contributed by atoms with E-state index >= 15 is 0 Å². The van der Waals surface area contributed by atoms with E-state index in [1.54, 1.807) is 23.4 Å². The zero-order valence-electron chi connectivity index (χ0n) is 38.6. The van der Waals surface area contributed by atoms with Gasteiger partial charge in [0.25, 0.3) is 0 Å². The van der Waals surface area contributed by atoms with E-state index in [1.807, 2.05) is 66.7 Å². The number of hydrogen-bond donors (Lipinski definition) is 5. The number of amidine groups is 1. The standard InChI is InChI=1S/C50H63N9O8.Ni/c1-58-23-19-50(20-24-58,49(51)54-31-35-17-21-52-22-18-35)57-38-11-6-10-37(30-38)46(62)53-32-36-9-5-12-39(29-36)67-28-4-2-3-25-65-26-8-27-66-34-45(61)55-42-14-7-13-40-41(42)33-59(48(40)64)43-15-16-44(60)56-47(43)63;/h5-7,9-13,17-18,21-22,29-30,40-43,57H,2-4,8,14-16,19-20,23-28,32-34,51H2,1H3,(H,53,62)(H,55,61)(H,56,60,63);. The number of piperidine rings is 2. The van der Waals surface area contributed by atoms with Crippen molar-refractivity contribution in [3.8, 4) is 5.75 Å². The van der Waals surface area contributed by atoms with E-state index in [0.29, 0.717) is 74.8 Å². The van der Waals surface area contributed by atoms with E-state index in [2.05, 4.69) is 43.2 Å². The van der Waals surface area contributed by atoms with Crippen molar-refractivity contribution in [3.05, 3.63) is 102 Å². The molecular weight excluding hydrogens is 913 g/mol. The van der Waals surface area contributed by atoms with Gasteiger partial charge in [-0.15, -0.1) is 0 Å². The second kappa shape index (κ2) is 24.5. The number of anilines is 1. The summed E-state index contributed by atoms with van der Waals surface area (Å²) in [4.78, 5) is 75.8. The Bertz CT molecular complexity index is 2320. The van der Waals surface area contributed by atoms with Gasteiger partial charge in [0.05, 0.1) is 12.5 Å². The van der Waals surface area contributed by atoms with Gasteiger partial charge in [0, 0.05) is 44.7 Å². The van der Waals surface area contributed by atoms with E-state index in [1.165, 1.54) is 0 Å². The summed E-state index contributed by atoms with van der Waals surface area (Å²) >= 11 is 5.24. The molecule has 3 saturated heterocycles. The molecule has 7 rings (SSSR count). The van der Waals surface area contributed by atoms with Gasteiger partial charge in [-0.3, -0.25) is 24.5 Å². The normalized spacial score (nSPS) is 21.5. The van der Waals surface area contributed by atoms with Crippen LogP contribution in [0.3, 0.4) is 0 Å². The van der Waals surface area contributed by atoms with Crippen LogP contribution >= 0.6 is 0 Å². The number of benzene rings is 2. The van der Waals surface area contributed by atoms with E-state index in [9.17, 15) is 24.0 Å². The van der Waals surface area contributed by atoms with Crippen LogP contribution in [0.4, 0.5) is 5.69 Å². The molecule has 5 amide bonds. The number of amides is 5. The molecule has 3 fully saturated rings. The minimum atomic E-state index is -0.663. The van der Waals surface area contributed by atoms with Crippen molar-refractivity contribution in [1.29, 1.82) is 0 Å². The monoisotopic (exact) mass is 975 g/mol. The van der Waals surface area contributed by atoms with Crippen molar-refractivity contribution >= 4 is 45.7 Å². The van der Waals surface area contributed by atoms with Gasteiger partial charge in [-0.05, 0) is 50.7 Å². The summed E-state index contributed by atoms with van der Waals surface area (Å²) in [5.41, 5.74) is 9.10. The number of carbonyl (C=O) groups is 5. The Hall–Kier alpha value is -5.81. The van der Waals surface area contributed by atoms with Crippen molar-refractivity contribution in [2.24, 2.45) is 22.6 Å². The molecule has 3 aromatic rings. The molecule has 0 saturated carbocycles. The van der Waals surface area contributed by atoms with Gasteiger partial charge < -0.3 is 24.4 Å². The molecule has 3 aliphatic heterocycles. The van der Waals surface area contributed by atoms with E-state index in [-0.39, 0.29) is 48.6 Å². The molecule has 6 N–H and O–H groups in total. The molecule has 0 bridgehead atoms. The summed E-state index contributed by atoms with van der Waals surface area (Å²) in [6, 6.07) is 17.9. The van der Waals surface area contributed by atoms with Crippen LogP contribution in [0, 0.1) is 11.8 Å². The number of unbranched alkanes of at least 4 members (excludes halogenated alkanes) is 2. The van der Waals surface area contributed by atoms with E-state index in [0.717, 1.165) is 67.8 Å². The van der Waals surface area contributed by atoms with Gasteiger partial charge >= 0.3 is 184 Å². The Morgan fingerprint density at radius 3 is 2.51 bits per heavy atom. The van der Waals surface area contributed by atoms with Crippen molar-refractivity contribution in [2.75, 3.05) is 65.0 Å². The van der Waals surface area contributed by atoms with E-state index < -0.39 is 23.4 Å². The number of carbonyl (C=O) groups excluding carboxylic acids is 5. The fourth-order valence-corrected chi connectivity index (χ4v) is 9.35. The van der Waals surface area contributed by atoms with Crippen molar-refractivity contribution < 1.29 is 53.2 Å². The average Bonchev–Trinajstić information content (AvgIpc) is 3.68. The van der Waals surface area contributed by atoms with Crippen molar-refractivity contribution in [3.63, 3.8) is 0 Å². The number of nitrogens with zero attached hydrogens (tertiary/aromatic N) is 4. The number of pyridine rings is 1. The average molecular weight is 977 g/mol. The van der Waals surface area contributed by atoms with Crippen LogP contribution in [0.15, 0.2) is 90.2 Å². The van der Waals surface area contributed by atoms with Crippen LogP contribution in [0.5, 0.6) is 5.75 Å². The quantitative estimate of drug-likeness (QED) is 0.0231. The molecule has 18 heteroatoms. The Labute approximate surface area is 405 Å². The van der Waals surface area contributed by atoms with Crippen molar-refractivity contribution in [1.82, 2.24) is 30.7 Å². The van der Waals surface area contributed by atoms with E-state index in [4.69, 9.17) is 35.0 Å². The minimum absolute atomic E-state index is 0.0921. The zero-order chi connectivity index (χ0) is 47.9. The Balaban J connectivity index is 0.743. The van der Waals surface area contributed by atoms with Crippen LogP contribution in [0.1, 0.15) is 79.3 Å². The van der Waals surface area contributed by atoms with Crippen LogP contribution in [-0.2, 0) is 50.2 Å². The predicted molar refractivity (Wildman–Crippen MR) is 253 cm³/mol. The summed E-state index contributed by atoms with van der Waals surface area (Å²) in [7, 11) is 2.08. The summed E-state index contributed by atoms with van der Waals surface area (Å²) in [6.45, 7) is 4.32. The molecule has 4 aliphatic rings. The number of rotatable bonds is 23. The second-order valence-electron chi connectivity index (χ2n) is 17.8. The molecule has 4 atom stereocenters. The summed E-state index contributed by atoms with van der Waals surface area (Å²) < 4.78 is 17.8. The Kier molecular flexibility index (Phi) is 18.0. The number of fused-ring (bicyclic) bond motifs is 1. The second-order valence-corrected chi connectivity index (χ2v) is 18.3. The van der Waals surface area contributed by atoms with Gasteiger partial charge in [-0.2, -0.15) is 0 Å². The number of imide groups is 1. The molecule has 1 aliphatic carbocycles. The predicted octanol–water partition coefficient (Wildman–Crippen LogP) is 3.27.